The molecule has 0 bridgehead atoms. The molecule has 0 spiro atoms. The molecular weight excluding hydrogens is 304 g/mol. The van der Waals surface area contributed by atoms with Crippen LogP contribution < -0.4 is 15.4 Å². The van der Waals surface area contributed by atoms with E-state index in [1.165, 1.54) is 17.0 Å². The molecular formula is C16H15ClN2O3. The number of benzene rings is 2. The molecule has 2 aromatic carbocycles. The number of hydrogen-bond acceptors (Lipinski definition) is 3. The van der Waals surface area contributed by atoms with E-state index < -0.39 is 5.91 Å². The van der Waals surface area contributed by atoms with E-state index in [4.69, 9.17) is 22.1 Å². The summed E-state index contributed by atoms with van der Waals surface area (Å²) in [6.45, 7) is -0.215. The molecule has 0 saturated carbocycles. The Bertz CT molecular complexity index is 689. The Labute approximate surface area is 133 Å². The quantitative estimate of drug-likeness (QED) is 0.920. The van der Waals surface area contributed by atoms with E-state index in [0.717, 1.165) is 5.69 Å². The van der Waals surface area contributed by atoms with E-state index in [-0.39, 0.29) is 23.8 Å². The molecule has 2 amide bonds. The Hall–Kier alpha value is -2.53. The Morgan fingerprint density at radius 2 is 1.86 bits per heavy atom. The maximum atomic E-state index is 12.1. The molecule has 0 atom stereocenters. The predicted molar refractivity (Wildman–Crippen MR) is 85.3 cm³/mol. The van der Waals surface area contributed by atoms with Crippen molar-refractivity contribution >= 4 is 29.1 Å². The summed E-state index contributed by atoms with van der Waals surface area (Å²) in [6, 6.07) is 13.7. The van der Waals surface area contributed by atoms with Gasteiger partial charge in [0.25, 0.3) is 11.8 Å². The molecule has 2 aromatic rings. The number of halogens is 1. The summed E-state index contributed by atoms with van der Waals surface area (Å²) in [5.41, 5.74) is 6.16. The summed E-state index contributed by atoms with van der Waals surface area (Å²) in [7, 11) is 1.65. The summed E-state index contributed by atoms with van der Waals surface area (Å²) in [5.74, 6) is -0.690. The van der Waals surface area contributed by atoms with Crippen LogP contribution in [0.2, 0.25) is 5.02 Å². The second-order valence-corrected chi connectivity index (χ2v) is 5.02. The minimum Gasteiger partial charge on any atom is -0.483 e. The first kappa shape index (κ1) is 15.9. The molecule has 0 saturated heterocycles. The zero-order valence-electron chi connectivity index (χ0n) is 12.0. The van der Waals surface area contributed by atoms with Gasteiger partial charge in [-0.2, -0.15) is 0 Å². The van der Waals surface area contributed by atoms with Gasteiger partial charge in [0.05, 0.1) is 5.56 Å². The third kappa shape index (κ3) is 3.77. The van der Waals surface area contributed by atoms with Crippen molar-refractivity contribution in [2.24, 2.45) is 5.73 Å². The fourth-order valence-electron chi connectivity index (χ4n) is 1.85. The number of para-hydroxylation sites is 1. The van der Waals surface area contributed by atoms with Gasteiger partial charge in [0, 0.05) is 17.8 Å². The number of likely N-dealkylation sites (N-methyl/N-ethyl adjacent to an activating group) is 1. The van der Waals surface area contributed by atoms with Crippen LogP contribution in [0.5, 0.6) is 5.75 Å². The number of hydrogen-bond donors (Lipinski definition) is 1. The van der Waals surface area contributed by atoms with Crippen LogP contribution in [-0.2, 0) is 4.79 Å². The van der Waals surface area contributed by atoms with Gasteiger partial charge in [-0.3, -0.25) is 9.59 Å². The summed E-state index contributed by atoms with van der Waals surface area (Å²) < 4.78 is 5.41. The van der Waals surface area contributed by atoms with Crippen molar-refractivity contribution in [3.8, 4) is 5.75 Å². The first-order chi connectivity index (χ1) is 10.5. The van der Waals surface area contributed by atoms with Crippen molar-refractivity contribution in [2.75, 3.05) is 18.6 Å². The molecule has 0 aliphatic heterocycles. The predicted octanol–water partition coefficient (Wildman–Crippen LogP) is 2.48. The van der Waals surface area contributed by atoms with Crippen LogP contribution in [0.25, 0.3) is 0 Å². The Balaban J connectivity index is 2.07. The molecule has 2 N–H and O–H groups in total. The van der Waals surface area contributed by atoms with Gasteiger partial charge in [0.1, 0.15) is 5.75 Å². The highest BCUT2D eigenvalue weighted by Crippen LogP contribution is 2.22. The summed E-state index contributed by atoms with van der Waals surface area (Å²) >= 11 is 5.82. The smallest absolute Gasteiger partial charge is 0.264 e. The average Bonchev–Trinajstić information content (AvgIpc) is 2.53. The summed E-state index contributed by atoms with van der Waals surface area (Å²) in [6.07, 6.45) is 0. The lowest BCUT2D eigenvalue weighted by Crippen LogP contribution is -2.31. The largest absolute Gasteiger partial charge is 0.483 e. The van der Waals surface area contributed by atoms with E-state index in [0.29, 0.717) is 5.02 Å². The van der Waals surface area contributed by atoms with Crippen LogP contribution in [0.3, 0.4) is 0 Å². The lowest BCUT2D eigenvalue weighted by molar-refractivity contribution is -0.120. The molecule has 6 heteroatoms. The zero-order chi connectivity index (χ0) is 16.1. The van der Waals surface area contributed by atoms with E-state index in [2.05, 4.69) is 0 Å². The van der Waals surface area contributed by atoms with Crippen molar-refractivity contribution in [3.63, 3.8) is 0 Å². The van der Waals surface area contributed by atoms with Crippen molar-refractivity contribution in [1.82, 2.24) is 0 Å². The van der Waals surface area contributed by atoms with Gasteiger partial charge < -0.3 is 15.4 Å². The van der Waals surface area contributed by atoms with Gasteiger partial charge in [0.15, 0.2) is 6.61 Å². The highest BCUT2D eigenvalue weighted by Gasteiger charge is 2.15. The molecule has 114 valence electrons. The van der Waals surface area contributed by atoms with E-state index >= 15 is 0 Å². The molecule has 2 rings (SSSR count). The van der Waals surface area contributed by atoms with Crippen LogP contribution in [0.1, 0.15) is 10.4 Å². The van der Waals surface area contributed by atoms with Crippen molar-refractivity contribution in [1.29, 1.82) is 0 Å². The number of primary amides is 1. The number of ether oxygens (including phenoxy) is 1. The maximum Gasteiger partial charge on any atom is 0.264 e. The van der Waals surface area contributed by atoms with Gasteiger partial charge in [-0.25, -0.2) is 0 Å². The Morgan fingerprint density at radius 3 is 2.50 bits per heavy atom. The number of nitrogens with two attached hydrogens (primary N) is 1. The molecule has 5 nitrogen and oxygen atoms in total. The minimum absolute atomic E-state index is 0.141. The fraction of sp³-hybridized carbons (Fsp3) is 0.125. The van der Waals surface area contributed by atoms with Gasteiger partial charge in [-0.1, -0.05) is 29.8 Å². The Morgan fingerprint density at radius 1 is 1.18 bits per heavy atom. The van der Waals surface area contributed by atoms with Gasteiger partial charge in [0.2, 0.25) is 0 Å². The average molecular weight is 319 g/mol. The van der Waals surface area contributed by atoms with E-state index in [1.807, 2.05) is 30.3 Å². The Kier molecular flexibility index (Phi) is 5.01. The fourth-order valence-corrected chi connectivity index (χ4v) is 2.02. The third-order valence-corrected chi connectivity index (χ3v) is 3.31. The molecule has 0 heterocycles. The monoisotopic (exact) mass is 318 g/mol. The molecule has 0 fully saturated rings. The van der Waals surface area contributed by atoms with Crippen molar-refractivity contribution < 1.29 is 14.3 Å². The van der Waals surface area contributed by atoms with Crippen LogP contribution in [0.4, 0.5) is 5.69 Å². The first-order valence-electron chi connectivity index (χ1n) is 6.53. The molecule has 0 radical (unpaired) electrons. The normalized spacial score (nSPS) is 10.1. The zero-order valence-corrected chi connectivity index (χ0v) is 12.7. The van der Waals surface area contributed by atoms with Crippen molar-refractivity contribution in [2.45, 2.75) is 0 Å². The second-order valence-electron chi connectivity index (χ2n) is 4.58. The number of amides is 2. The van der Waals surface area contributed by atoms with E-state index in [9.17, 15) is 9.59 Å². The highest BCUT2D eigenvalue weighted by molar-refractivity contribution is 6.31. The van der Waals surface area contributed by atoms with Gasteiger partial charge >= 0.3 is 0 Å². The first-order valence-corrected chi connectivity index (χ1v) is 6.90. The SMILES string of the molecule is CN(C(=O)COc1ccc(Cl)cc1C(N)=O)c1ccccc1. The van der Waals surface area contributed by atoms with Crippen LogP contribution in [0.15, 0.2) is 48.5 Å². The second kappa shape index (κ2) is 6.95. The lowest BCUT2D eigenvalue weighted by Gasteiger charge is -2.18. The number of anilines is 1. The van der Waals surface area contributed by atoms with Gasteiger partial charge in [-0.15, -0.1) is 0 Å². The van der Waals surface area contributed by atoms with Crippen LogP contribution >= 0.6 is 11.6 Å². The van der Waals surface area contributed by atoms with Crippen molar-refractivity contribution in [3.05, 3.63) is 59.1 Å². The topological polar surface area (TPSA) is 72.6 Å². The molecule has 0 unspecified atom stereocenters. The molecule has 0 aliphatic rings. The number of carbonyl (C=O) groups excluding carboxylic acids is 2. The molecule has 0 aromatic heterocycles. The maximum absolute atomic E-state index is 12.1. The number of carbonyl (C=O) groups is 2. The number of nitrogens with zero attached hydrogens (tertiary/aromatic N) is 1. The number of rotatable bonds is 5. The van der Waals surface area contributed by atoms with Gasteiger partial charge in [-0.05, 0) is 30.3 Å². The molecule has 0 aliphatic carbocycles. The van der Waals surface area contributed by atoms with E-state index in [1.54, 1.807) is 13.1 Å². The van der Waals surface area contributed by atoms with Crippen LogP contribution in [-0.4, -0.2) is 25.5 Å². The highest BCUT2D eigenvalue weighted by atomic mass is 35.5. The summed E-state index contributed by atoms with van der Waals surface area (Å²) in [5, 5.41) is 0.369. The minimum atomic E-state index is -0.665. The molecule has 22 heavy (non-hydrogen) atoms. The summed E-state index contributed by atoms with van der Waals surface area (Å²) in [4.78, 5) is 25.0. The standard InChI is InChI=1S/C16H15ClN2O3/c1-19(12-5-3-2-4-6-12)15(20)10-22-14-8-7-11(17)9-13(14)16(18)21/h2-9H,10H2,1H3,(H2,18,21). The van der Waals surface area contributed by atoms with Crippen LogP contribution in [0, 0.1) is 0 Å². The third-order valence-electron chi connectivity index (χ3n) is 3.08. The lowest BCUT2D eigenvalue weighted by atomic mass is 10.2.